The Balaban J connectivity index is 1.40. The van der Waals surface area contributed by atoms with Gasteiger partial charge in [-0.05, 0) is 44.9 Å². The number of likely N-dealkylation sites (tertiary alicyclic amines) is 1. The van der Waals surface area contributed by atoms with Gasteiger partial charge in [-0.25, -0.2) is 9.97 Å². The molecule has 3 heterocycles. The number of rotatable bonds is 4. The molecule has 2 aromatic rings. The van der Waals surface area contributed by atoms with E-state index in [1.54, 1.807) is 0 Å². The van der Waals surface area contributed by atoms with Crippen LogP contribution in [0.1, 0.15) is 47.0 Å². The Morgan fingerprint density at radius 2 is 2.03 bits per heavy atom. The minimum Gasteiger partial charge on any atom is -0.483 e. The predicted molar refractivity (Wildman–Crippen MR) is 112 cm³/mol. The number of aromatic nitrogens is 2. The molecule has 1 saturated heterocycles. The maximum absolute atomic E-state index is 12.8. The molecule has 6 heteroatoms. The summed E-state index contributed by atoms with van der Waals surface area (Å²) in [7, 11) is 2.13. The standard InChI is InChI=1S/C23H30N4O2/c1-16-6-4-7-17(2)22(16)29-15-21(28)27-10-5-8-18(14-27)23-24-12-19-13-26(3)11-9-20(19)25-23/h4,6-7,12,18H,5,8-11,13-15H2,1-3H3. The molecular weight excluding hydrogens is 364 g/mol. The van der Waals surface area contributed by atoms with Gasteiger partial charge in [-0.3, -0.25) is 4.79 Å². The first kappa shape index (κ1) is 19.8. The zero-order valence-electron chi connectivity index (χ0n) is 17.6. The second kappa shape index (κ2) is 8.49. The van der Waals surface area contributed by atoms with Crippen molar-refractivity contribution in [2.75, 3.05) is 33.3 Å². The number of carbonyl (C=O) groups is 1. The monoisotopic (exact) mass is 394 g/mol. The number of amides is 1. The maximum Gasteiger partial charge on any atom is 0.260 e. The number of fused-ring (bicyclic) bond motifs is 1. The fraction of sp³-hybridized carbons (Fsp3) is 0.522. The van der Waals surface area contributed by atoms with Gasteiger partial charge in [0.2, 0.25) is 0 Å². The van der Waals surface area contributed by atoms with Crippen molar-refractivity contribution in [1.82, 2.24) is 19.8 Å². The lowest BCUT2D eigenvalue weighted by Crippen LogP contribution is -2.42. The topological polar surface area (TPSA) is 58.6 Å². The first-order valence-corrected chi connectivity index (χ1v) is 10.5. The lowest BCUT2D eigenvalue weighted by Gasteiger charge is -2.32. The second-order valence-electron chi connectivity index (χ2n) is 8.38. The zero-order valence-corrected chi connectivity index (χ0v) is 17.6. The summed E-state index contributed by atoms with van der Waals surface area (Å²) >= 11 is 0. The number of piperidine rings is 1. The van der Waals surface area contributed by atoms with Gasteiger partial charge in [0.25, 0.3) is 5.91 Å². The number of nitrogens with zero attached hydrogens (tertiary/aromatic N) is 4. The smallest absolute Gasteiger partial charge is 0.260 e. The molecule has 0 bridgehead atoms. The molecule has 2 aliphatic rings. The summed E-state index contributed by atoms with van der Waals surface area (Å²) < 4.78 is 5.88. The molecule has 6 nitrogen and oxygen atoms in total. The van der Waals surface area contributed by atoms with Crippen LogP contribution < -0.4 is 4.74 Å². The largest absolute Gasteiger partial charge is 0.483 e. The lowest BCUT2D eigenvalue weighted by atomic mass is 9.96. The van der Waals surface area contributed by atoms with Crippen molar-refractivity contribution < 1.29 is 9.53 Å². The van der Waals surface area contributed by atoms with Crippen LogP contribution in [0.3, 0.4) is 0 Å². The number of para-hydroxylation sites is 1. The van der Waals surface area contributed by atoms with Crippen LogP contribution in [-0.4, -0.2) is 59.0 Å². The van der Waals surface area contributed by atoms with Gasteiger partial charge in [-0.1, -0.05) is 18.2 Å². The van der Waals surface area contributed by atoms with Crippen molar-refractivity contribution in [3.8, 4) is 5.75 Å². The minimum atomic E-state index is 0.0388. The van der Waals surface area contributed by atoms with E-state index in [-0.39, 0.29) is 18.4 Å². The summed E-state index contributed by atoms with van der Waals surface area (Å²) in [6, 6.07) is 6.02. The van der Waals surface area contributed by atoms with E-state index in [4.69, 9.17) is 9.72 Å². The zero-order chi connectivity index (χ0) is 20.4. The van der Waals surface area contributed by atoms with Crippen LogP contribution in [0.15, 0.2) is 24.4 Å². The third-order valence-corrected chi connectivity index (χ3v) is 6.03. The molecule has 2 aliphatic heterocycles. The van der Waals surface area contributed by atoms with E-state index < -0.39 is 0 Å². The number of benzene rings is 1. The van der Waals surface area contributed by atoms with Crippen molar-refractivity contribution in [2.24, 2.45) is 0 Å². The van der Waals surface area contributed by atoms with Crippen LogP contribution in [-0.2, 0) is 17.8 Å². The van der Waals surface area contributed by atoms with Crippen molar-refractivity contribution in [3.05, 3.63) is 52.6 Å². The molecule has 1 aromatic heterocycles. The molecule has 1 aromatic carbocycles. The molecule has 154 valence electrons. The number of hydrogen-bond acceptors (Lipinski definition) is 5. The highest BCUT2D eigenvalue weighted by Gasteiger charge is 2.28. The van der Waals surface area contributed by atoms with Crippen LogP contribution in [0.4, 0.5) is 0 Å². The highest BCUT2D eigenvalue weighted by atomic mass is 16.5. The van der Waals surface area contributed by atoms with Crippen LogP contribution in [0, 0.1) is 13.8 Å². The first-order chi connectivity index (χ1) is 14.0. The lowest BCUT2D eigenvalue weighted by molar-refractivity contribution is -0.134. The first-order valence-electron chi connectivity index (χ1n) is 10.5. The van der Waals surface area contributed by atoms with Crippen LogP contribution in [0.25, 0.3) is 0 Å². The highest BCUT2D eigenvalue weighted by molar-refractivity contribution is 5.78. The van der Waals surface area contributed by atoms with E-state index in [0.29, 0.717) is 6.54 Å². The Morgan fingerprint density at radius 1 is 1.24 bits per heavy atom. The quantitative estimate of drug-likeness (QED) is 0.798. The van der Waals surface area contributed by atoms with Gasteiger partial charge in [-0.2, -0.15) is 0 Å². The molecule has 1 fully saturated rings. The molecular formula is C23H30N4O2. The third kappa shape index (κ3) is 4.42. The van der Waals surface area contributed by atoms with Gasteiger partial charge in [-0.15, -0.1) is 0 Å². The van der Waals surface area contributed by atoms with E-state index in [1.807, 2.05) is 43.1 Å². The van der Waals surface area contributed by atoms with Gasteiger partial charge in [0.1, 0.15) is 11.6 Å². The predicted octanol–water partition coefficient (Wildman–Crippen LogP) is 2.87. The Kier molecular flexibility index (Phi) is 5.81. The van der Waals surface area contributed by atoms with Gasteiger partial charge in [0.05, 0.1) is 0 Å². The number of carbonyl (C=O) groups excluding carboxylic acids is 1. The average Bonchev–Trinajstić information content (AvgIpc) is 2.73. The Bertz CT molecular complexity index is 878. The second-order valence-corrected chi connectivity index (χ2v) is 8.38. The number of likely N-dealkylation sites (N-methyl/N-ethyl adjacent to an activating group) is 1. The number of aryl methyl sites for hydroxylation is 2. The van der Waals surface area contributed by atoms with Crippen molar-refractivity contribution in [1.29, 1.82) is 0 Å². The van der Waals surface area contributed by atoms with E-state index in [9.17, 15) is 4.79 Å². The van der Waals surface area contributed by atoms with Gasteiger partial charge < -0.3 is 14.5 Å². The van der Waals surface area contributed by atoms with Gasteiger partial charge in [0, 0.05) is 56.0 Å². The fourth-order valence-electron chi connectivity index (χ4n) is 4.34. The summed E-state index contributed by atoms with van der Waals surface area (Å²) in [4.78, 5) is 26.5. The molecule has 4 rings (SSSR count). The van der Waals surface area contributed by atoms with E-state index in [2.05, 4.69) is 16.9 Å². The van der Waals surface area contributed by atoms with Crippen molar-refractivity contribution >= 4 is 5.91 Å². The van der Waals surface area contributed by atoms with Crippen molar-refractivity contribution in [3.63, 3.8) is 0 Å². The Hall–Kier alpha value is -2.47. The van der Waals surface area contributed by atoms with E-state index >= 15 is 0 Å². The highest BCUT2D eigenvalue weighted by Crippen LogP contribution is 2.27. The molecule has 0 saturated carbocycles. The molecule has 1 atom stereocenters. The molecule has 0 radical (unpaired) electrons. The van der Waals surface area contributed by atoms with Gasteiger partial charge in [0.15, 0.2) is 6.61 Å². The summed E-state index contributed by atoms with van der Waals surface area (Å²) in [6.45, 7) is 7.50. The summed E-state index contributed by atoms with van der Waals surface area (Å²) in [5.41, 5.74) is 4.52. The van der Waals surface area contributed by atoms with Crippen LogP contribution in [0.2, 0.25) is 0 Å². The summed E-state index contributed by atoms with van der Waals surface area (Å²) in [5.74, 6) is 1.95. The summed E-state index contributed by atoms with van der Waals surface area (Å²) in [6.07, 6.45) is 4.96. The normalized spacial score (nSPS) is 19.7. The molecule has 1 amide bonds. The van der Waals surface area contributed by atoms with Gasteiger partial charge >= 0.3 is 0 Å². The summed E-state index contributed by atoms with van der Waals surface area (Å²) in [5, 5.41) is 0. The molecule has 0 spiro atoms. The molecule has 29 heavy (non-hydrogen) atoms. The fourth-order valence-corrected chi connectivity index (χ4v) is 4.34. The molecule has 1 unspecified atom stereocenters. The van der Waals surface area contributed by atoms with Crippen LogP contribution >= 0.6 is 0 Å². The Labute approximate surface area is 172 Å². The van der Waals surface area contributed by atoms with Crippen LogP contribution in [0.5, 0.6) is 5.75 Å². The molecule has 0 aliphatic carbocycles. The van der Waals surface area contributed by atoms with Crippen molar-refractivity contribution in [2.45, 2.75) is 45.6 Å². The minimum absolute atomic E-state index is 0.0388. The number of hydrogen-bond donors (Lipinski definition) is 0. The Morgan fingerprint density at radius 3 is 2.83 bits per heavy atom. The SMILES string of the molecule is Cc1cccc(C)c1OCC(=O)N1CCCC(c2ncc3c(n2)CCN(C)C3)C1. The van der Waals surface area contributed by atoms with E-state index in [1.165, 1.54) is 11.3 Å². The average molecular weight is 395 g/mol. The maximum atomic E-state index is 12.8. The van der Waals surface area contributed by atoms with E-state index in [0.717, 1.165) is 61.6 Å². The number of ether oxygens (including phenoxy) is 1. The third-order valence-electron chi connectivity index (χ3n) is 6.03. The molecule has 0 N–H and O–H groups in total.